The molecule has 0 atom stereocenters. The summed E-state index contributed by atoms with van der Waals surface area (Å²) in [6, 6.07) is 0. The first-order chi connectivity index (χ1) is 13.6. The van der Waals surface area contributed by atoms with Gasteiger partial charge in [-0.05, 0) is 58.0 Å². The Kier molecular flexibility index (Phi) is 10.8. The van der Waals surface area contributed by atoms with Gasteiger partial charge in [-0.15, -0.1) is 11.3 Å². The normalized spacial score (nSPS) is 16.7. The maximum atomic E-state index is 5.64. The molecule has 0 saturated carbocycles. The first kappa shape index (κ1) is 23.1. The second-order valence-electron chi connectivity index (χ2n) is 8.05. The van der Waals surface area contributed by atoms with Gasteiger partial charge < -0.3 is 15.4 Å². The Morgan fingerprint density at radius 3 is 2.79 bits per heavy atom. The molecule has 1 aromatic heterocycles. The summed E-state index contributed by atoms with van der Waals surface area (Å²) in [5.41, 5.74) is 1.22. The van der Waals surface area contributed by atoms with Crippen molar-refractivity contribution in [1.29, 1.82) is 0 Å². The third kappa shape index (κ3) is 9.34. The fraction of sp³-hybridized carbons (Fsp3) is 0.810. The van der Waals surface area contributed by atoms with Crippen molar-refractivity contribution in [1.82, 2.24) is 20.5 Å². The lowest BCUT2D eigenvalue weighted by Crippen LogP contribution is -2.39. The number of piperidine rings is 1. The second-order valence-corrected chi connectivity index (χ2v) is 9.11. The van der Waals surface area contributed by atoms with Crippen LogP contribution in [-0.4, -0.2) is 61.8 Å². The molecule has 0 aliphatic carbocycles. The van der Waals surface area contributed by atoms with E-state index in [1.807, 2.05) is 0 Å². The van der Waals surface area contributed by atoms with Crippen LogP contribution in [0.3, 0.4) is 0 Å². The minimum Gasteiger partial charge on any atom is -0.381 e. The Bertz CT molecular complexity index is 567. The van der Waals surface area contributed by atoms with Crippen LogP contribution in [0.25, 0.3) is 0 Å². The highest BCUT2D eigenvalue weighted by Crippen LogP contribution is 2.20. The maximum Gasteiger partial charge on any atom is 0.191 e. The van der Waals surface area contributed by atoms with Gasteiger partial charge in [0.1, 0.15) is 0 Å². The molecule has 0 unspecified atom stereocenters. The molecular formula is C21H39N5OS. The van der Waals surface area contributed by atoms with Crippen molar-refractivity contribution in [3.63, 3.8) is 0 Å². The number of aryl methyl sites for hydroxylation is 1. The Labute approximate surface area is 175 Å². The largest absolute Gasteiger partial charge is 0.381 e. The number of hydrogen-bond donors (Lipinski definition) is 2. The molecule has 0 spiro atoms. The molecule has 1 aliphatic rings. The quantitative estimate of drug-likeness (QED) is 0.334. The smallest absolute Gasteiger partial charge is 0.191 e. The predicted octanol–water partition coefficient (Wildman–Crippen LogP) is 3.28. The Hall–Kier alpha value is -1.18. The maximum absolute atomic E-state index is 5.64. The topological polar surface area (TPSA) is 61.8 Å². The first-order valence-electron chi connectivity index (χ1n) is 10.8. The van der Waals surface area contributed by atoms with E-state index in [0.717, 1.165) is 69.9 Å². The molecule has 0 amide bonds. The molecule has 1 fully saturated rings. The molecule has 1 aromatic rings. The van der Waals surface area contributed by atoms with Crippen molar-refractivity contribution < 1.29 is 4.74 Å². The number of guanidine groups is 1. The van der Waals surface area contributed by atoms with E-state index in [1.54, 1.807) is 11.3 Å². The lowest BCUT2D eigenvalue weighted by Gasteiger charge is -2.30. The molecule has 160 valence electrons. The minimum absolute atomic E-state index is 0.601. The molecule has 7 heteroatoms. The van der Waals surface area contributed by atoms with Crippen LogP contribution in [-0.2, 0) is 11.3 Å². The Balaban J connectivity index is 1.64. The van der Waals surface area contributed by atoms with Gasteiger partial charge >= 0.3 is 0 Å². The van der Waals surface area contributed by atoms with Gasteiger partial charge in [0, 0.05) is 44.8 Å². The van der Waals surface area contributed by atoms with Gasteiger partial charge in [0.25, 0.3) is 0 Å². The van der Waals surface area contributed by atoms with E-state index in [0.29, 0.717) is 11.8 Å². The summed E-state index contributed by atoms with van der Waals surface area (Å²) in [5.74, 6) is 2.22. The summed E-state index contributed by atoms with van der Waals surface area (Å²) in [7, 11) is 0. The molecular weight excluding hydrogens is 370 g/mol. The molecule has 2 N–H and O–H groups in total. The zero-order chi connectivity index (χ0) is 20.2. The number of likely N-dealkylation sites (tertiary alicyclic amines) is 1. The molecule has 28 heavy (non-hydrogen) atoms. The van der Waals surface area contributed by atoms with Crippen molar-refractivity contribution in [2.45, 2.75) is 53.5 Å². The Morgan fingerprint density at radius 1 is 1.36 bits per heavy atom. The summed E-state index contributed by atoms with van der Waals surface area (Å²) in [6.45, 7) is 16.2. The monoisotopic (exact) mass is 409 g/mol. The summed E-state index contributed by atoms with van der Waals surface area (Å²) >= 11 is 1.74. The lowest BCUT2D eigenvalue weighted by atomic mass is 9.97. The van der Waals surface area contributed by atoms with Crippen LogP contribution in [0.5, 0.6) is 0 Å². The fourth-order valence-electron chi connectivity index (χ4n) is 3.30. The summed E-state index contributed by atoms with van der Waals surface area (Å²) in [4.78, 5) is 11.9. The summed E-state index contributed by atoms with van der Waals surface area (Å²) in [5, 5.41) is 10.1. The van der Waals surface area contributed by atoms with Crippen LogP contribution in [0.4, 0.5) is 0 Å². The van der Waals surface area contributed by atoms with E-state index in [9.17, 15) is 0 Å². The van der Waals surface area contributed by atoms with Crippen LogP contribution in [0, 0.1) is 18.8 Å². The van der Waals surface area contributed by atoms with Crippen molar-refractivity contribution >= 4 is 17.3 Å². The van der Waals surface area contributed by atoms with E-state index in [-0.39, 0.29) is 0 Å². The van der Waals surface area contributed by atoms with Crippen LogP contribution in [0.15, 0.2) is 10.4 Å². The van der Waals surface area contributed by atoms with Crippen molar-refractivity contribution in [3.8, 4) is 0 Å². The molecule has 1 saturated heterocycles. The number of nitrogens with one attached hydrogen (secondary N) is 2. The molecule has 2 rings (SSSR count). The molecule has 1 aliphatic heterocycles. The highest BCUT2D eigenvalue weighted by atomic mass is 32.1. The first-order valence-corrected chi connectivity index (χ1v) is 11.7. The van der Waals surface area contributed by atoms with Crippen LogP contribution in [0.2, 0.25) is 0 Å². The van der Waals surface area contributed by atoms with E-state index < -0.39 is 0 Å². The summed E-state index contributed by atoms with van der Waals surface area (Å²) < 4.78 is 5.64. The highest BCUT2D eigenvalue weighted by Gasteiger charge is 2.19. The number of hydrogen-bond acceptors (Lipinski definition) is 5. The highest BCUT2D eigenvalue weighted by molar-refractivity contribution is 7.09. The van der Waals surface area contributed by atoms with E-state index >= 15 is 0 Å². The molecule has 0 radical (unpaired) electrons. The zero-order valence-electron chi connectivity index (χ0n) is 18.2. The molecule has 2 heterocycles. The van der Waals surface area contributed by atoms with E-state index in [4.69, 9.17) is 9.73 Å². The fourth-order valence-corrected chi connectivity index (χ4v) is 3.90. The van der Waals surface area contributed by atoms with Crippen LogP contribution in [0.1, 0.15) is 50.7 Å². The van der Waals surface area contributed by atoms with Crippen LogP contribution < -0.4 is 10.6 Å². The van der Waals surface area contributed by atoms with Crippen LogP contribution >= 0.6 is 11.3 Å². The standard InChI is InChI=1S/C21H39N5OS/c1-5-22-21(23-9-6-12-27-15-17(2)3)24-13-19-7-10-26(11-8-19)14-20-16-28-18(4)25-20/h16-17,19H,5-15H2,1-4H3,(H2,22,23,24). The van der Waals surface area contributed by atoms with Crippen molar-refractivity contribution in [2.24, 2.45) is 16.8 Å². The predicted molar refractivity (Wildman–Crippen MR) is 119 cm³/mol. The number of aromatic nitrogens is 1. The van der Waals surface area contributed by atoms with Crippen molar-refractivity contribution in [2.75, 3.05) is 45.9 Å². The average molecular weight is 410 g/mol. The molecule has 0 bridgehead atoms. The SMILES string of the molecule is CCNC(=NCC1CCN(Cc2csc(C)n2)CC1)NCCCOCC(C)C. The third-order valence-electron chi connectivity index (χ3n) is 4.82. The zero-order valence-corrected chi connectivity index (χ0v) is 19.0. The lowest BCUT2D eigenvalue weighted by molar-refractivity contribution is 0.108. The number of rotatable bonds is 11. The van der Waals surface area contributed by atoms with Crippen molar-refractivity contribution in [3.05, 3.63) is 16.1 Å². The van der Waals surface area contributed by atoms with Gasteiger partial charge in [0.15, 0.2) is 5.96 Å². The molecule has 0 aromatic carbocycles. The van der Waals surface area contributed by atoms with Gasteiger partial charge in [-0.2, -0.15) is 0 Å². The molecule has 6 nitrogen and oxygen atoms in total. The minimum atomic E-state index is 0.601. The van der Waals surface area contributed by atoms with E-state index in [1.165, 1.54) is 18.5 Å². The van der Waals surface area contributed by atoms with Gasteiger partial charge in [-0.25, -0.2) is 4.98 Å². The average Bonchev–Trinajstić information content (AvgIpc) is 3.08. The number of nitrogens with zero attached hydrogens (tertiary/aromatic N) is 3. The van der Waals surface area contributed by atoms with Gasteiger partial charge in [-0.1, -0.05) is 13.8 Å². The van der Waals surface area contributed by atoms with Gasteiger partial charge in [0.2, 0.25) is 0 Å². The van der Waals surface area contributed by atoms with Gasteiger partial charge in [-0.3, -0.25) is 9.89 Å². The number of aliphatic imine (C=N–C) groups is 1. The number of ether oxygens (including phenoxy) is 1. The van der Waals surface area contributed by atoms with Gasteiger partial charge in [0.05, 0.1) is 10.7 Å². The second kappa shape index (κ2) is 13.1. The Morgan fingerprint density at radius 2 is 2.14 bits per heavy atom. The number of thiazole rings is 1. The third-order valence-corrected chi connectivity index (χ3v) is 5.64. The summed E-state index contributed by atoms with van der Waals surface area (Å²) in [6.07, 6.45) is 3.44. The van der Waals surface area contributed by atoms with E-state index in [2.05, 4.69) is 53.6 Å².